The van der Waals surface area contributed by atoms with E-state index < -0.39 is 6.04 Å². The zero-order chi connectivity index (χ0) is 21.1. The number of anilines is 2. The molecule has 1 aromatic heterocycles. The predicted molar refractivity (Wildman–Crippen MR) is 112 cm³/mol. The van der Waals surface area contributed by atoms with Crippen LogP contribution in [0.4, 0.5) is 11.5 Å². The van der Waals surface area contributed by atoms with Gasteiger partial charge in [0.25, 0.3) is 5.91 Å². The van der Waals surface area contributed by atoms with Gasteiger partial charge in [0, 0.05) is 18.4 Å². The first-order valence-corrected chi connectivity index (χ1v) is 9.51. The van der Waals surface area contributed by atoms with Crippen LogP contribution in [0.25, 0.3) is 11.1 Å². The fraction of sp³-hybridized carbons (Fsp3) is 0.227. The molecule has 0 saturated carbocycles. The molecule has 0 spiro atoms. The third kappa shape index (κ3) is 3.77. The summed E-state index contributed by atoms with van der Waals surface area (Å²) in [7, 11) is 3.17. The van der Waals surface area contributed by atoms with E-state index in [4.69, 9.17) is 9.47 Å². The molecule has 30 heavy (non-hydrogen) atoms. The first kappa shape index (κ1) is 19.7. The van der Waals surface area contributed by atoms with Crippen molar-refractivity contribution < 1.29 is 19.1 Å². The predicted octanol–water partition coefficient (Wildman–Crippen LogP) is 3.23. The number of ether oxygens (including phenoxy) is 2. The minimum absolute atomic E-state index is 0.0345. The van der Waals surface area contributed by atoms with Crippen LogP contribution in [0.2, 0.25) is 0 Å². The number of nitrogens with one attached hydrogen (secondary N) is 2. The fourth-order valence-corrected chi connectivity index (χ4v) is 3.52. The lowest BCUT2D eigenvalue weighted by atomic mass is 10.1. The Hall–Kier alpha value is -3.65. The van der Waals surface area contributed by atoms with Crippen molar-refractivity contribution in [3.63, 3.8) is 0 Å². The Kier molecular flexibility index (Phi) is 5.49. The van der Waals surface area contributed by atoms with Gasteiger partial charge >= 0.3 is 0 Å². The third-order valence-electron chi connectivity index (χ3n) is 4.92. The van der Waals surface area contributed by atoms with Gasteiger partial charge in [0.2, 0.25) is 5.91 Å². The van der Waals surface area contributed by atoms with Crippen LogP contribution in [-0.4, -0.2) is 35.8 Å². The van der Waals surface area contributed by atoms with Crippen molar-refractivity contribution in [2.75, 3.05) is 24.9 Å². The molecule has 2 heterocycles. The lowest BCUT2D eigenvalue weighted by Crippen LogP contribution is -2.24. The number of rotatable bonds is 7. The van der Waals surface area contributed by atoms with Gasteiger partial charge in [-0.1, -0.05) is 30.3 Å². The molecule has 0 aliphatic carbocycles. The molecular formula is C22H22N4O4. The highest BCUT2D eigenvalue weighted by Crippen LogP contribution is 2.38. The van der Waals surface area contributed by atoms with Crippen LogP contribution in [0.1, 0.15) is 18.2 Å². The summed E-state index contributed by atoms with van der Waals surface area (Å²) >= 11 is 0. The highest BCUT2D eigenvalue weighted by Gasteiger charge is 2.37. The second-order valence-electron chi connectivity index (χ2n) is 6.90. The van der Waals surface area contributed by atoms with Gasteiger partial charge in [-0.05, 0) is 29.8 Å². The number of nitrogens with zero attached hydrogens (tertiary/aromatic N) is 2. The standard InChI is InChI=1S/C22H22N4O4/c1-29-13-17-20(14-6-4-3-5-7-14)21-24-22(28)18(26(21)25-17)12-19(27)23-15-8-10-16(30-2)11-9-15/h3-11,18H,12-13H2,1-2H3,(H,23,27)(H,24,28). The molecule has 2 aromatic carbocycles. The third-order valence-corrected chi connectivity index (χ3v) is 4.92. The van der Waals surface area contributed by atoms with Gasteiger partial charge in [-0.25, -0.2) is 4.68 Å². The van der Waals surface area contributed by atoms with Gasteiger partial charge in [-0.15, -0.1) is 0 Å². The summed E-state index contributed by atoms with van der Waals surface area (Å²) in [6, 6.07) is 15.9. The average molecular weight is 406 g/mol. The largest absolute Gasteiger partial charge is 0.497 e. The van der Waals surface area contributed by atoms with Crippen LogP contribution in [-0.2, 0) is 20.9 Å². The quantitative estimate of drug-likeness (QED) is 0.628. The summed E-state index contributed by atoms with van der Waals surface area (Å²) in [5.74, 6) is 0.741. The van der Waals surface area contributed by atoms with Crippen LogP contribution in [0.15, 0.2) is 54.6 Å². The average Bonchev–Trinajstić information content (AvgIpc) is 3.24. The second-order valence-corrected chi connectivity index (χ2v) is 6.90. The smallest absolute Gasteiger partial charge is 0.251 e. The minimum Gasteiger partial charge on any atom is -0.497 e. The monoisotopic (exact) mass is 406 g/mol. The van der Waals surface area contributed by atoms with Crippen LogP contribution >= 0.6 is 0 Å². The molecule has 1 unspecified atom stereocenters. The molecule has 8 nitrogen and oxygen atoms in total. The summed E-state index contributed by atoms with van der Waals surface area (Å²) < 4.78 is 12.0. The molecule has 0 bridgehead atoms. The van der Waals surface area contributed by atoms with Crippen molar-refractivity contribution in [3.05, 3.63) is 60.3 Å². The fourth-order valence-electron chi connectivity index (χ4n) is 3.52. The van der Waals surface area contributed by atoms with Gasteiger partial charge < -0.3 is 20.1 Å². The van der Waals surface area contributed by atoms with E-state index in [2.05, 4.69) is 15.7 Å². The SMILES string of the molecule is COCc1nn2c(c1-c1ccccc1)NC(=O)C2CC(=O)Nc1ccc(OC)cc1. The van der Waals surface area contributed by atoms with E-state index in [0.29, 0.717) is 29.6 Å². The number of carbonyl (C=O) groups excluding carboxylic acids is 2. The lowest BCUT2D eigenvalue weighted by molar-refractivity contribution is -0.123. The zero-order valence-corrected chi connectivity index (χ0v) is 16.7. The van der Waals surface area contributed by atoms with Crippen molar-refractivity contribution in [1.29, 1.82) is 0 Å². The van der Waals surface area contributed by atoms with Crippen LogP contribution < -0.4 is 15.4 Å². The summed E-state index contributed by atoms with van der Waals surface area (Å²) in [5.41, 5.74) is 3.07. The van der Waals surface area contributed by atoms with E-state index in [1.54, 1.807) is 43.2 Å². The van der Waals surface area contributed by atoms with E-state index >= 15 is 0 Å². The topological polar surface area (TPSA) is 94.5 Å². The first-order chi connectivity index (χ1) is 14.6. The van der Waals surface area contributed by atoms with Gasteiger partial charge in [0.15, 0.2) is 0 Å². The number of hydrogen-bond donors (Lipinski definition) is 2. The zero-order valence-electron chi connectivity index (χ0n) is 16.7. The van der Waals surface area contributed by atoms with Crippen molar-refractivity contribution in [3.8, 4) is 16.9 Å². The normalized spacial score (nSPS) is 14.9. The maximum Gasteiger partial charge on any atom is 0.251 e. The molecule has 3 aromatic rings. The van der Waals surface area contributed by atoms with E-state index in [-0.39, 0.29) is 18.2 Å². The highest BCUT2D eigenvalue weighted by molar-refractivity contribution is 6.04. The summed E-state index contributed by atoms with van der Waals surface area (Å²) in [6.45, 7) is 0.296. The Morgan fingerprint density at radius 1 is 1.13 bits per heavy atom. The van der Waals surface area contributed by atoms with E-state index in [1.807, 2.05) is 30.3 Å². The summed E-state index contributed by atoms with van der Waals surface area (Å²) in [5, 5.41) is 10.3. The molecule has 0 fully saturated rings. The molecule has 8 heteroatoms. The number of hydrogen-bond acceptors (Lipinski definition) is 5. The Balaban J connectivity index is 1.58. The Bertz CT molecular complexity index is 1060. The maximum atomic E-state index is 12.6. The van der Waals surface area contributed by atoms with Crippen molar-refractivity contribution in [2.45, 2.75) is 19.1 Å². The molecule has 0 radical (unpaired) electrons. The highest BCUT2D eigenvalue weighted by atomic mass is 16.5. The van der Waals surface area contributed by atoms with Crippen molar-refractivity contribution in [1.82, 2.24) is 9.78 Å². The second kappa shape index (κ2) is 8.38. The molecule has 1 aliphatic rings. The molecule has 4 rings (SSSR count). The molecule has 1 atom stereocenters. The molecule has 2 amide bonds. The van der Waals surface area contributed by atoms with Gasteiger partial charge in [-0.2, -0.15) is 5.10 Å². The van der Waals surface area contributed by atoms with E-state index in [1.165, 1.54) is 0 Å². The van der Waals surface area contributed by atoms with Crippen molar-refractivity contribution >= 4 is 23.3 Å². The molecule has 0 saturated heterocycles. The van der Waals surface area contributed by atoms with E-state index in [9.17, 15) is 9.59 Å². The number of carbonyl (C=O) groups is 2. The Labute approximate surface area is 173 Å². The number of aromatic nitrogens is 2. The van der Waals surface area contributed by atoms with Crippen LogP contribution in [0.3, 0.4) is 0 Å². The number of amides is 2. The molecular weight excluding hydrogens is 384 g/mol. The summed E-state index contributed by atoms with van der Waals surface area (Å²) in [4.78, 5) is 25.2. The van der Waals surface area contributed by atoms with Gasteiger partial charge in [0.05, 0.1) is 25.8 Å². The number of methoxy groups -OCH3 is 2. The molecule has 1 aliphatic heterocycles. The number of fused-ring (bicyclic) bond motifs is 1. The number of benzene rings is 2. The summed E-state index contributed by atoms with van der Waals surface area (Å²) in [6.07, 6.45) is -0.0345. The van der Waals surface area contributed by atoms with Crippen molar-refractivity contribution in [2.24, 2.45) is 0 Å². The minimum atomic E-state index is -0.730. The van der Waals surface area contributed by atoms with E-state index in [0.717, 1.165) is 11.1 Å². The Morgan fingerprint density at radius 2 is 1.87 bits per heavy atom. The Morgan fingerprint density at radius 3 is 2.53 bits per heavy atom. The van der Waals surface area contributed by atoms with Crippen LogP contribution in [0, 0.1) is 0 Å². The molecule has 154 valence electrons. The van der Waals surface area contributed by atoms with Crippen LogP contribution in [0.5, 0.6) is 5.75 Å². The lowest BCUT2D eigenvalue weighted by Gasteiger charge is -2.10. The molecule has 2 N–H and O–H groups in total. The first-order valence-electron chi connectivity index (χ1n) is 9.51. The maximum absolute atomic E-state index is 12.6. The van der Waals surface area contributed by atoms with Gasteiger partial charge in [0.1, 0.15) is 17.6 Å². The van der Waals surface area contributed by atoms with Gasteiger partial charge in [-0.3, -0.25) is 9.59 Å².